The molecule has 116 valence electrons. The lowest BCUT2D eigenvalue weighted by atomic mass is 10.2. The molecule has 0 bridgehead atoms. The molecule has 21 heavy (non-hydrogen) atoms. The standard InChI is InChI=1S/C13H20N4O2S2/c1-3-14-11-12(17-6-7-20-13(17)15-11)21(18,19)16-9(2)8-10-4-5-10/h6-7,9-10,14,16H,3-5,8H2,1-2H3. The molecule has 3 rings (SSSR count). The largest absolute Gasteiger partial charge is 0.368 e. The van der Waals surface area contributed by atoms with E-state index >= 15 is 0 Å². The van der Waals surface area contributed by atoms with E-state index in [-0.39, 0.29) is 11.1 Å². The highest BCUT2D eigenvalue weighted by atomic mass is 32.2. The molecule has 2 aromatic heterocycles. The molecule has 2 heterocycles. The highest BCUT2D eigenvalue weighted by Crippen LogP contribution is 2.34. The maximum Gasteiger partial charge on any atom is 0.260 e. The van der Waals surface area contributed by atoms with E-state index in [9.17, 15) is 8.42 Å². The molecule has 1 aliphatic carbocycles. The number of imidazole rings is 1. The molecule has 0 radical (unpaired) electrons. The quantitative estimate of drug-likeness (QED) is 0.818. The van der Waals surface area contributed by atoms with Gasteiger partial charge in [0, 0.05) is 24.2 Å². The normalized spacial score (nSPS) is 17.2. The highest BCUT2D eigenvalue weighted by Gasteiger charge is 2.30. The first-order chi connectivity index (χ1) is 10.0. The number of anilines is 1. The molecule has 0 spiro atoms. The first kappa shape index (κ1) is 14.8. The van der Waals surface area contributed by atoms with Crippen molar-refractivity contribution in [2.45, 2.75) is 44.2 Å². The smallest absolute Gasteiger partial charge is 0.260 e. The van der Waals surface area contributed by atoms with Gasteiger partial charge < -0.3 is 5.32 Å². The lowest BCUT2D eigenvalue weighted by Crippen LogP contribution is -2.34. The van der Waals surface area contributed by atoms with Crippen molar-refractivity contribution >= 4 is 32.1 Å². The Balaban J connectivity index is 1.92. The summed E-state index contributed by atoms with van der Waals surface area (Å²) in [6.45, 7) is 4.48. The summed E-state index contributed by atoms with van der Waals surface area (Å²) in [5, 5.41) is 5.09. The second-order valence-corrected chi connectivity index (χ2v) is 8.06. The maximum absolute atomic E-state index is 12.7. The molecule has 2 aromatic rings. The van der Waals surface area contributed by atoms with Crippen molar-refractivity contribution in [3.05, 3.63) is 11.6 Å². The van der Waals surface area contributed by atoms with Crippen molar-refractivity contribution in [2.75, 3.05) is 11.9 Å². The summed E-state index contributed by atoms with van der Waals surface area (Å²) in [5.41, 5.74) is 0. The third-order valence-electron chi connectivity index (χ3n) is 3.56. The van der Waals surface area contributed by atoms with Gasteiger partial charge in [0.15, 0.2) is 15.8 Å². The summed E-state index contributed by atoms with van der Waals surface area (Å²) < 4.78 is 29.8. The van der Waals surface area contributed by atoms with Crippen LogP contribution in [-0.4, -0.2) is 30.4 Å². The van der Waals surface area contributed by atoms with Gasteiger partial charge in [-0.3, -0.25) is 4.40 Å². The van der Waals surface area contributed by atoms with E-state index < -0.39 is 10.0 Å². The van der Waals surface area contributed by atoms with Crippen LogP contribution < -0.4 is 10.0 Å². The average molecular weight is 328 g/mol. The van der Waals surface area contributed by atoms with Gasteiger partial charge in [-0.25, -0.2) is 18.1 Å². The van der Waals surface area contributed by atoms with Crippen molar-refractivity contribution in [2.24, 2.45) is 5.92 Å². The van der Waals surface area contributed by atoms with Gasteiger partial charge in [0.2, 0.25) is 0 Å². The zero-order valence-corrected chi connectivity index (χ0v) is 13.8. The molecule has 0 amide bonds. The monoisotopic (exact) mass is 328 g/mol. The third kappa shape index (κ3) is 3.07. The van der Waals surface area contributed by atoms with Crippen LogP contribution in [0.3, 0.4) is 0 Å². The molecule has 2 N–H and O–H groups in total. The predicted molar refractivity (Wildman–Crippen MR) is 84.4 cm³/mol. The lowest BCUT2D eigenvalue weighted by Gasteiger charge is -2.14. The summed E-state index contributed by atoms with van der Waals surface area (Å²) in [5.74, 6) is 1.11. The Kier molecular flexibility index (Phi) is 3.94. The number of thiazole rings is 1. The van der Waals surface area contributed by atoms with Crippen LogP contribution in [0.2, 0.25) is 0 Å². The number of hydrogen-bond acceptors (Lipinski definition) is 5. The molecular weight excluding hydrogens is 308 g/mol. The van der Waals surface area contributed by atoms with Crippen LogP contribution in [-0.2, 0) is 10.0 Å². The minimum atomic E-state index is -3.59. The number of aromatic nitrogens is 2. The first-order valence-corrected chi connectivity index (χ1v) is 9.59. The SMILES string of the molecule is CCNc1nc2sccn2c1S(=O)(=O)NC(C)CC1CC1. The molecular formula is C13H20N4O2S2. The fourth-order valence-corrected chi connectivity index (χ4v) is 4.81. The number of nitrogens with zero attached hydrogens (tertiary/aromatic N) is 2. The van der Waals surface area contributed by atoms with Gasteiger partial charge in [-0.1, -0.05) is 12.8 Å². The van der Waals surface area contributed by atoms with Gasteiger partial charge in [0.25, 0.3) is 10.0 Å². The number of sulfonamides is 1. The predicted octanol–water partition coefficient (Wildman–Crippen LogP) is 2.29. The molecule has 0 aliphatic heterocycles. The molecule has 1 unspecified atom stereocenters. The minimum Gasteiger partial charge on any atom is -0.368 e. The number of fused-ring (bicyclic) bond motifs is 1. The van der Waals surface area contributed by atoms with Crippen molar-refractivity contribution in [1.82, 2.24) is 14.1 Å². The van der Waals surface area contributed by atoms with Crippen LogP contribution in [0, 0.1) is 5.92 Å². The Bertz CT molecular complexity index is 731. The van der Waals surface area contributed by atoms with Gasteiger partial charge in [0.05, 0.1) is 0 Å². The second kappa shape index (κ2) is 5.58. The summed E-state index contributed by atoms with van der Waals surface area (Å²) in [6, 6.07) is -0.0545. The minimum absolute atomic E-state index is 0.0545. The van der Waals surface area contributed by atoms with E-state index in [2.05, 4.69) is 15.0 Å². The molecule has 8 heteroatoms. The van der Waals surface area contributed by atoms with E-state index in [0.29, 0.717) is 23.2 Å². The van der Waals surface area contributed by atoms with Crippen LogP contribution >= 0.6 is 11.3 Å². The van der Waals surface area contributed by atoms with Gasteiger partial charge in [0.1, 0.15) is 0 Å². The Labute approximate surface area is 128 Å². The second-order valence-electron chi connectivity index (χ2n) is 5.55. The fourth-order valence-electron chi connectivity index (χ4n) is 2.53. The van der Waals surface area contributed by atoms with Gasteiger partial charge >= 0.3 is 0 Å². The van der Waals surface area contributed by atoms with Crippen molar-refractivity contribution in [3.8, 4) is 0 Å². The molecule has 1 fully saturated rings. The first-order valence-electron chi connectivity index (χ1n) is 7.23. The van der Waals surface area contributed by atoms with E-state index in [1.165, 1.54) is 24.2 Å². The van der Waals surface area contributed by atoms with Crippen molar-refractivity contribution < 1.29 is 8.42 Å². The Hall–Kier alpha value is -1.12. The summed E-state index contributed by atoms with van der Waals surface area (Å²) in [4.78, 5) is 5.04. The lowest BCUT2D eigenvalue weighted by molar-refractivity contribution is 0.527. The average Bonchev–Trinajstić information content (AvgIpc) is 2.95. The van der Waals surface area contributed by atoms with Crippen LogP contribution in [0.5, 0.6) is 0 Å². The highest BCUT2D eigenvalue weighted by molar-refractivity contribution is 7.89. The van der Waals surface area contributed by atoms with E-state index in [4.69, 9.17) is 0 Å². The van der Waals surface area contributed by atoms with Crippen LogP contribution in [0.1, 0.15) is 33.1 Å². The molecule has 1 aliphatic rings. The van der Waals surface area contributed by atoms with Crippen molar-refractivity contribution in [1.29, 1.82) is 0 Å². The van der Waals surface area contributed by atoms with E-state index in [1.807, 2.05) is 19.2 Å². The fraction of sp³-hybridized carbons (Fsp3) is 0.615. The number of rotatable bonds is 7. The van der Waals surface area contributed by atoms with Gasteiger partial charge in [-0.2, -0.15) is 0 Å². The molecule has 1 atom stereocenters. The van der Waals surface area contributed by atoms with Crippen LogP contribution in [0.4, 0.5) is 5.82 Å². The molecule has 0 saturated heterocycles. The summed E-state index contributed by atoms with van der Waals surface area (Å²) >= 11 is 1.42. The molecule has 6 nitrogen and oxygen atoms in total. The zero-order valence-electron chi connectivity index (χ0n) is 12.2. The number of nitrogens with one attached hydrogen (secondary N) is 2. The van der Waals surface area contributed by atoms with E-state index in [0.717, 1.165) is 6.42 Å². The van der Waals surface area contributed by atoms with Crippen LogP contribution in [0.15, 0.2) is 16.6 Å². The summed E-state index contributed by atoms with van der Waals surface area (Å²) in [6.07, 6.45) is 5.08. The van der Waals surface area contributed by atoms with E-state index in [1.54, 1.807) is 10.6 Å². The van der Waals surface area contributed by atoms with Crippen LogP contribution in [0.25, 0.3) is 4.96 Å². The van der Waals surface area contributed by atoms with Crippen molar-refractivity contribution in [3.63, 3.8) is 0 Å². The Morgan fingerprint density at radius 2 is 2.29 bits per heavy atom. The topological polar surface area (TPSA) is 75.5 Å². The van der Waals surface area contributed by atoms with Gasteiger partial charge in [-0.05, 0) is 26.2 Å². The molecule has 0 aromatic carbocycles. The zero-order chi connectivity index (χ0) is 15.0. The summed E-state index contributed by atoms with van der Waals surface area (Å²) in [7, 11) is -3.59. The van der Waals surface area contributed by atoms with Gasteiger partial charge in [-0.15, -0.1) is 11.3 Å². The maximum atomic E-state index is 12.7. The number of hydrogen-bond donors (Lipinski definition) is 2. The molecule has 1 saturated carbocycles. The Morgan fingerprint density at radius 1 is 1.52 bits per heavy atom. The Morgan fingerprint density at radius 3 is 2.95 bits per heavy atom. The third-order valence-corrected chi connectivity index (χ3v) is 5.93.